The molecule has 0 unspecified atom stereocenters. The second-order valence-electron chi connectivity index (χ2n) is 3.73. The molecule has 19 heavy (non-hydrogen) atoms. The van der Waals surface area contributed by atoms with Crippen molar-refractivity contribution in [3.8, 4) is 0 Å². The first-order chi connectivity index (χ1) is 9.15. The zero-order chi connectivity index (χ0) is 13.8. The van der Waals surface area contributed by atoms with Gasteiger partial charge in [0.25, 0.3) is 11.8 Å². The molecule has 2 aromatic heterocycles. The SMILES string of the molecule is CNC(=O)c1ccn(Cc2ccsc2C(=O)NN)n1. The van der Waals surface area contributed by atoms with Crippen molar-refractivity contribution in [2.24, 2.45) is 5.84 Å². The van der Waals surface area contributed by atoms with Gasteiger partial charge in [0.1, 0.15) is 5.69 Å². The third kappa shape index (κ3) is 2.80. The van der Waals surface area contributed by atoms with Crippen LogP contribution >= 0.6 is 11.3 Å². The first-order valence-electron chi connectivity index (χ1n) is 5.48. The number of rotatable bonds is 4. The maximum atomic E-state index is 11.5. The van der Waals surface area contributed by atoms with Crippen molar-refractivity contribution < 1.29 is 9.59 Å². The molecule has 0 fully saturated rings. The second-order valence-corrected chi connectivity index (χ2v) is 4.64. The van der Waals surface area contributed by atoms with Gasteiger partial charge in [-0.3, -0.25) is 19.7 Å². The van der Waals surface area contributed by atoms with E-state index in [0.717, 1.165) is 5.56 Å². The van der Waals surface area contributed by atoms with E-state index >= 15 is 0 Å². The molecule has 0 radical (unpaired) electrons. The Morgan fingerprint density at radius 1 is 1.42 bits per heavy atom. The largest absolute Gasteiger partial charge is 0.354 e. The van der Waals surface area contributed by atoms with Gasteiger partial charge in [0.05, 0.1) is 11.4 Å². The van der Waals surface area contributed by atoms with Crippen LogP contribution in [0.1, 0.15) is 25.7 Å². The molecule has 0 atom stereocenters. The fourth-order valence-electron chi connectivity index (χ4n) is 1.60. The van der Waals surface area contributed by atoms with Crippen LogP contribution in [0, 0.1) is 0 Å². The quantitative estimate of drug-likeness (QED) is 0.415. The van der Waals surface area contributed by atoms with Crippen LogP contribution in [-0.4, -0.2) is 28.6 Å². The molecule has 8 heteroatoms. The van der Waals surface area contributed by atoms with Gasteiger partial charge in [0.2, 0.25) is 0 Å². The lowest BCUT2D eigenvalue weighted by Gasteiger charge is -2.03. The highest BCUT2D eigenvalue weighted by Gasteiger charge is 2.13. The second kappa shape index (κ2) is 5.63. The van der Waals surface area contributed by atoms with E-state index in [1.54, 1.807) is 24.0 Å². The molecule has 7 nitrogen and oxygen atoms in total. The van der Waals surface area contributed by atoms with Crippen molar-refractivity contribution >= 4 is 23.2 Å². The number of amides is 2. The fraction of sp³-hybridized carbons (Fsp3) is 0.182. The fourth-order valence-corrected chi connectivity index (χ4v) is 2.42. The lowest BCUT2D eigenvalue weighted by molar-refractivity contribution is 0.0948. The molecular weight excluding hydrogens is 266 g/mol. The zero-order valence-corrected chi connectivity index (χ0v) is 11.0. The Labute approximate surface area is 113 Å². The maximum Gasteiger partial charge on any atom is 0.275 e. The highest BCUT2D eigenvalue weighted by atomic mass is 32.1. The summed E-state index contributed by atoms with van der Waals surface area (Å²) in [5.41, 5.74) is 3.24. The summed E-state index contributed by atoms with van der Waals surface area (Å²) in [6.07, 6.45) is 1.69. The Balaban J connectivity index is 2.18. The summed E-state index contributed by atoms with van der Waals surface area (Å²) in [5, 5.41) is 8.44. The Morgan fingerprint density at radius 2 is 2.21 bits per heavy atom. The minimum Gasteiger partial charge on any atom is -0.354 e. The highest BCUT2D eigenvalue weighted by molar-refractivity contribution is 7.12. The molecule has 0 aliphatic rings. The van der Waals surface area contributed by atoms with Crippen LogP contribution in [0.2, 0.25) is 0 Å². The number of hydrogen-bond acceptors (Lipinski definition) is 5. The number of thiophene rings is 1. The van der Waals surface area contributed by atoms with Crippen molar-refractivity contribution in [1.82, 2.24) is 20.5 Å². The molecule has 0 saturated heterocycles. The summed E-state index contributed by atoms with van der Waals surface area (Å²) >= 11 is 1.31. The zero-order valence-electron chi connectivity index (χ0n) is 10.2. The van der Waals surface area contributed by atoms with E-state index in [-0.39, 0.29) is 11.8 Å². The molecule has 2 amide bonds. The molecule has 0 bridgehead atoms. The number of nitrogen functional groups attached to an aromatic ring is 1. The van der Waals surface area contributed by atoms with Gasteiger partial charge in [0.15, 0.2) is 0 Å². The van der Waals surface area contributed by atoms with Gasteiger partial charge in [-0.1, -0.05) is 0 Å². The first-order valence-corrected chi connectivity index (χ1v) is 6.36. The van der Waals surface area contributed by atoms with Crippen molar-refractivity contribution in [3.63, 3.8) is 0 Å². The molecule has 2 rings (SSSR count). The summed E-state index contributed by atoms with van der Waals surface area (Å²) in [6, 6.07) is 3.45. The van der Waals surface area contributed by atoms with Crippen LogP contribution in [-0.2, 0) is 6.54 Å². The van der Waals surface area contributed by atoms with E-state index in [4.69, 9.17) is 5.84 Å². The third-order valence-corrected chi connectivity index (χ3v) is 3.47. The molecular formula is C11H13N5O2S. The smallest absolute Gasteiger partial charge is 0.275 e. The van der Waals surface area contributed by atoms with Crippen molar-refractivity contribution in [3.05, 3.63) is 39.8 Å². The van der Waals surface area contributed by atoms with Gasteiger partial charge in [-0.05, 0) is 23.1 Å². The van der Waals surface area contributed by atoms with Crippen LogP contribution < -0.4 is 16.6 Å². The minimum absolute atomic E-state index is 0.246. The number of nitrogens with one attached hydrogen (secondary N) is 2. The predicted molar refractivity (Wildman–Crippen MR) is 70.7 cm³/mol. The molecule has 0 aliphatic heterocycles. The topological polar surface area (TPSA) is 102 Å². The Morgan fingerprint density at radius 3 is 2.89 bits per heavy atom. The van der Waals surface area contributed by atoms with Gasteiger partial charge in [0, 0.05) is 13.2 Å². The van der Waals surface area contributed by atoms with Crippen LogP contribution in [0.15, 0.2) is 23.7 Å². The van der Waals surface area contributed by atoms with Crippen molar-refractivity contribution in [1.29, 1.82) is 0 Å². The van der Waals surface area contributed by atoms with Gasteiger partial charge in [-0.2, -0.15) is 5.10 Å². The Bertz CT molecular complexity index is 604. The number of aromatic nitrogens is 2. The molecule has 0 spiro atoms. The first kappa shape index (κ1) is 13.2. The van der Waals surface area contributed by atoms with Crippen LogP contribution in [0.4, 0.5) is 0 Å². The van der Waals surface area contributed by atoms with Crippen molar-refractivity contribution in [2.75, 3.05) is 7.05 Å². The van der Waals surface area contributed by atoms with E-state index in [9.17, 15) is 9.59 Å². The van der Waals surface area contributed by atoms with Crippen molar-refractivity contribution in [2.45, 2.75) is 6.54 Å². The van der Waals surface area contributed by atoms with E-state index in [1.165, 1.54) is 11.3 Å². The number of nitrogens with two attached hydrogens (primary N) is 1. The monoisotopic (exact) mass is 279 g/mol. The standard InChI is InChI=1S/C11H13N5O2S/c1-13-10(17)8-2-4-16(15-8)6-7-3-5-19-9(7)11(18)14-12/h2-5H,6,12H2,1H3,(H,13,17)(H,14,18). The normalized spacial score (nSPS) is 10.2. The van der Waals surface area contributed by atoms with Gasteiger partial charge >= 0.3 is 0 Å². The van der Waals surface area contributed by atoms with Gasteiger partial charge < -0.3 is 5.32 Å². The number of nitrogens with zero attached hydrogens (tertiary/aromatic N) is 2. The Hall–Kier alpha value is -2.19. The molecule has 0 aliphatic carbocycles. The number of hydrazine groups is 1. The molecule has 0 aromatic carbocycles. The lowest BCUT2D eigenvalue weighted by Crippen LogP contribution is -2.30. The van der Waals surface area contributed by atoms with Gasteiger partial charge in [-0.15, -0.1) is 11.3 Å². The molecule has 4 N–H and O–H groups in total. The van der Waals surface area contributed by atoms with E-state index < -0.39 is 0 Å². The summed E-state index contributed by atoms with van der Waals surface area (Å²) in [4.78, 5) is 23.5. The van der Waals surface area contributed by atoms with E-state index in [0.29, 0.717) is 17.1 Å². The average molecular weight is 279 g/mol. The third-order valence-electron chi connectivity index (χ3n) is 2.52. The summed E-state index contributed by atoms with van der Waals surface area (Å²) < 4.78 is 1.60. The molecule has 2 aromatic rings. The van der Waals surface area contributed by atoms with Crippen LogP contribution in [0.3, 0.4) is 0 Å². The predicted octanol–water partition coefficient (Wildman–Crippen LogP) is -0.0440. The number of hydrogen-bond donors (Lipinski definition) is 3. The molecule has 0 saturated carbocycles. The van der Waals surface area contributed by atoms with Gasteiger partial charge in [-0.25, -0.2) is 5.84 Å². The van der Waals surface area contributed by atoms with Crippen LogP contribution in [0.5, 0.6) is 0 Å². The van der Waals surface area contributed by atoms with E-state index in [1.807, 2.05) is 11.4 Å². The summed E-state index contributed by atoms with van der Waals surface area (Å²) in [7, 11) is 1.55. The number of carbonyl (C=O) groups excluding carboxylic acids is 2. The Kier molecular flexibility index (Phi) is 3.93. The van der Waals surface area contributed by atoms with E-state index in [2.05, 4.69) is 15.8 Å². The lowest BCUT2D eigenvalue weighted by atomic mass is 10.2. The molecule has 100 valence electrons. The summed E-state index contributed by atoms with van der Waals surface area (Å²) in [6.45, 7) is 0.406. The highest BCUT2D eigenvalue weighted by Crippen LogP contribution is 2.17. The minimum atomic E-state index is -0.330. The summed E-state index contributed by atoms with van der Waals surface area (Å²) in [5.74, 6) is 4.54. The average Bonchev–Trinajstić information content (AvgIpc) is 3.06. The maximum absolute atomic E-state index is 11.5. The van der Waals surface area contributed by atoms with Crippen LogP contribution in [0.25, 0.3) is 0 Å². The molecule has 2 heterocycles. The number of carbonyl (C=O) groups is 2.